The van der Waals surface area contributed by atoms with Crippen LogP contribution in [-0.4, -0.2) is 14.7 Å². The van der Waals surface area contributed by atoms with Gasteiger partial charge in [-0.2, -0.15) is 0 Å². The van der Waals surface area contributed by atoms with Gasteiger partial charge in [-0.1, -0.05) is 156 Å². The van der Waals surface area contributed by atoms with Crippen LogP contribution >= 0.6 is 0 Å². The van der Waals surface area contributed by atoms with Gasteiger partial charge >= 0.3 is 0 Å². The van der Waals surface area contributed by atoms with Crippen LogP contribution in [-0.2, 0) is 10.8 Å². The molecule has 1 unspecified atom stereocenters. The highest BCUT2D eigenvalue weighted by molar-refractivity contribution is 6.95. The molecular weight excluding hydrogens is 549 g/mol. The molecule has 0 aliphatic heterocycles. The Bertz CT molecular complexity index is 1660. The first-order valence-electron chi connectivity index (χ1n) is 17.1. The van der Waals surface area contributed by atoms with E-state index in [1.807, 2.05) is 6.08 Å². The molecule has 3 aliphatic carbocycles. The molecule has 1 nitrogen and oxygen atoms in total. The molecule has 0 saturated heterocycles. The van der Waals surface area contributed by atoms with Crippen molar-refractivity contribution in [1.82, 2.24) is 0 Å². The molecule has 2 aromatic carbocycles. The predicted molar refractivity (Wildman–Crippen MR) is 195 cm³/mol. The highest BCUT2D eigenvalue weighted by Gasteiger charge is 2.54. The van der Waals surface area contributed by atoms with Crippen molar-refractivity contribution in [3.8, 4) is 5.75 Å². The van der Waals surface area contributed by atoms with Crippen molar-refractivity contribution >= 4 is 24.9 Å². The summed E-state index contributed by atoms with van der Waals surface area (Å²) in [6, 6.07) is 16.8. The van der Waals surface area contributed by atoms with Crippen LogP contribution in [0.4, 0.5) is 0 Å². The Morgan fingerprint density at radius 1 is 0.932 bits per heavy atom. The molecule has 3 aliphatic rings. The Labute approximate surface area is 269 Å². The van der Waals surface area contributed by atoms with Gasteiger partial charge in [0, 0.05) is 11.0 Å². The average molecular weight is 607 g/mol. The smallest absolute Gasteiger partial charge is 0.122 e. The third-order valence-electron chi connectivity index (χ3n) is 11.0. The van der Waals surface area contributed by atoms with Gasteiger partial charge in [-0.3, -0.25) is 0 Å². The van der Waals surface area contributed by atoms with E-state index in [-0.39, 0.29) is 21.7 Å². The number of para-hydroxylation sites is 1. The molecule has 0 radical (unpaired) electrons. The van der Waals surface area contributed by atoms with E-state index in [9.17, 15) is 0 Å². The van der Waals surface area contributed by atoms with E-state index in [1.54, 1.807) is 22.3 Å². The summed E-state index contributed by atoms with van der Waals surface area (Å²) in [6.07, 6.45) is 9.57. The Hall–Kier alpha value is -2.58. The van der Waals surface area contributed by atoms with E-state index in [4.69, 9.17) is 4.74 Å². The van der Waals surface area contributed by atoms with Crippen molar-refractivity contribution < 1.29 is 4.74 Å². The summed E-state index contributed by atoms with van der Waals surface area (Å²) >= 11 is 0. The molecule has 0 spiro atoms. The molecule has 5 rings (SSSR count). The molecule has 1 atom stereocenters. The minimum absolute atomic E-state index is 0.0185. The fourth-order valence-corrected chi connectivity index (χ4v) is 13.8. The van der Waals surface area contributed by atoms with Crippen molar-refractivity contribution in [2.45, 2.75) is 124 Å². The maximum Gasteiger partial charge on any atom is 0.122 e. The summed E-state index contributed by atoms with van der Waals surface area (Å²) in [5, 5.41) is 4.39. The fourth-order valence-electron chi connectivity index (χ4n) is 8.63. The molecule has 0 fully saturated rings. The highest BCUT2D eigenvalue weighted by Crippen LogP contribution is 2.62. The van der Waals surface area contributed by atoms with Gasteiger partial charge in [0.05, 0.1) is 0 Å². The van der Waals surface area contributed by atoms with Crippen molar-refractivity contribution in [3.63, 3.8) is 0 Å². The minimum Gasteiger partial charge on any atom is -0.489 e. The van der Waals surface area contributed by atoms with E-state index >= 15 is 0 Å². The fraction of sp³-hybridized carbons (Fsp3) is 0.524. The SMILES string of the molecule is C=CCOc1c(C(C)(C)C)cccc1[Si](CC)(CC)C1C2=CC(C)(C)CCC2=C2C1=c1ccc(C(C)(C)C)cc1=CC2(C)C. The summed E-state index contributed by atoms with van der Waals surface area (Å²) in [7, 11) is -2.27. The molecule has 2 heteroatoms. The van der Waals surface area contributed by atoms with Crippen LogP contribution < -0.4 is 20.4 Å². The Kier molecular flexibility index (Phi) is 8.23. The first-order valence-corrected chi connectivity index (χ1v) is 19.6. The van der Waals surface area contributed by atoms with Gasteiger partial charge < -0.3 is 4.74 Å². The van der Waals surface area contributed by atoms with Crippen molar-refractivity contribution in [1.29, 1.82) is 0 Å². The van der Waals surface area contributed by atoms with E-state index in [1.165, 1.54) is 51.7 Å². The van der Waals surface area contributed by atoms with E-state index < -0.39 is 8.07 Å². The van der Waals surface area contributed by atoms with E-state index in [0.29, 0.717) is 12.1 Å². The van der Waals surface area contributed by atoms with Crippen LogP contribution in [0.15, 0.2) is 71.8 Å². The Morgan fingerprint density at radius 3 is 2.20 bits per heavy atom. The van der Waals surface area contributed by atoms with Crippen LogP contribution in [0.5, 0.6) is 5.75 Å². The monoisotopic (exact) mass is 606 g/mol. The highest BCUT2D eigenvalue weighted by atomic mass is 28.3. The van der Waals surface area contributed by atoms with Crippen LogP contribution in [0.3, 0.4) is 0 Å². The zero-order valence-electron chi connectivity index (χ0n) is 29.9. The third-order valence-corrected chi connectivity index (χ3v) is 16.7. The molecule has 0 amide bonds. The molecule has 236 valence electrons. The summed E-state index contributed by atoms with van der Waals surface area (Å²) in [4.78, 5) is 0. The zero-order chi connectivity index (χ0) is 32.5. The van der Waals surface area contributed by atoms with Gasteiger partial charge in [0.2, 0.25) is 0 Å². The second-order valence-corrected chi connectivity index (χ2v) is 21.9. The number of allylic oxidation sites excluding steroid dienone is 4. The molecule has 0 saturated carbocycles. The molecule has 2 aromatic rings. The summed E-state index contributed by atoms with van der Waals surface area (Å²) in [6.45, 7) is 33.3. The maximum atomic E-state index is 6.76. The van der Waals surface area contributed by atoms with Crippen LogP contribution in [0.25, 0.3) is 11.6 Å². The number of hydrogen-bond acceptors (Lipinski definition) is 1. The molecule has 0 heterocycles. The first kappa shape index (κ1) is 32.8. The molecule has 0 N–H and O–H groups in total. The maximum absolute atomic E-state index is 6.76. The summed E-state index contributed by atoms with van der Waals surface area (Å²) in [5.41, 5.74) is 9.95. The first-order chi connectivity index (χ1) is 20.4. The quantitative estimate of drug-likeness (QED) is 0.225. The second-order valence-electron chi connectivity index (χ2n) is 17.1. The lowest BCUT2D eigenvalue weighted by Crippen LogP contribution is -2.53. The second kappa shape index (κ2) is 11.0. The van der Waals surface area contributed by atoms with Gasteiger partial charge in [-0.25, -0.2) is 0 Å². The standard InChI is InChI=1S/C42H58OSi/c1-14-24-43-37-33(40(7,8)9)18-17-19-34(37)44(15-2,16-3)38-32-27-41(10,11)23-22-31(32)36-35(38)30-21-20-29(39(4,5)6)25-28(30)26-42(36,12)13/h14,17-21,25-27,38H,1,15-16,22-24H2,2-13H3. The van der Waals surface area contributed by atoms with Crippen LogP contribution in [0, 0.1) is 10.8 Å². The molecule has 44 heavy (non-hydrogen) atoms. The number of hydrogen-bond donors (Lipinski definition) is 0. The van der Waals surface area contributed by atoms with Gasteiger partial charge in [-0.05, 0) is 78.1 Å². The average Bonchev–Trinajstić information content (AvgIpc) is 3.26. The topological polar surface area (TPSA) is 9.23 Å². The molecule has 0 bridgehead atoms. The zero-order valence-corrected chi connectivity index (χ0v) is 30.9. The number of benzene rings is 2. The van der Waals surface area contributed by atoms with Crippen molar-refractivity contribution in [3.05, 3.63) is 93.4 Å². The van der Waals surface area contributed by atoms with Gasteiger partial charge in [0.15, 0.2) is 0 Å². The lowest BCUT2D eigenvalue weighted by atomic mass is 9.72. The number of rotatable bonds is 7. The Morgan fingerprint density at radius 2 is 1.61 bits per heavy atom. The minimum atomic E-state index is -2.27. The van der Waals surface area contributed by atoms with Crippen LogP contribution in [0.2, 0.25) is 17.6 Å². The Balaban J connectivity index is 1.94. The largest absolute Gasteiger partial charge is 0.489 e. The summed E-state index contributed by atoms with van der Waals surface area (Å²) in [5.74, 6) is 1.13. The molecule has 0 aromatic heterocycles. The van der Waals surface area contributed by atoms with Gasteiger partial charge in [0.25, 0.3) is 0 Å². The van der Waals surface area contributed by atoms with Gasteiger partial charge in [-0.15, -0.1) is 0 Å². The number of fused-ring (bicyclic) bond motifs is 3. The van der Waals surface area contributed by atoms with Crippen molar-refractivity contribution in [2.24, 2.45) is 10.8 Å². The van der Waals surface area contributed by atoms with Crippen LogP contribution in [0.1, 0.15) is 107 Å². The normalized spacial score (nSPS) is 20.8. The summed E-state index contributed by atoms with van der Waals surface area (Å²) < 4.78 is 6.76. The van der Waals surface area contributed by atoms with Gasteiger partial charge in [0.1, 0.15) is 20.4 Å². The lowest BCUT2D eigenvalue weighted by molar-refractivity contribution is 0.354. The van der Waals surface area contributed by atoms with Crippen molar-refractivity contribution in [2.75, 3.05) is 6.61 Å². The predicted octanol–water partition coefficient (Wildman–Crippen LogP) is 9.64. The van der Waals surface area contributed by atoms with E-state index in [2.05, 4.69) is 138 Å². The molecular formula is C42H58OSi. The lowest BCUT2D eigenvalue weighted by Gasteiger charge is -2.43. The third kappa shape index (κ3) is 5.34. The van der Waals surface area contributed by atoms with E-state index in [0.717, 1.165) is 5.75 Å². The number of ether oxygens (including phenoxy) is 1.